The van der Waals surface area contributed by atoms with Crippen LogP contribution in [0.4, 0.5) is 0 Å². The summed E-state index contributed by atoms with van der Waals surface area (Å²) in [7, 11) is 0.531. The van der Waals surface area contributed by atoms with Crippen LogP contribution in [0.1, 0.15) is 61.9 Å². The van der Waals surface area contributed by atoms with Crippen LogP contribution in [0.15, 0.2) is 23.1 Å². The highest BCUT2D eigenvalue weighted by Gasteiger charge is 2.34. The van der Waals surface area contributed by atoms with E-state index >= 15 is 0 Å². The van der Waals surface area contributed by atoms with Gasteiger partial charge in [0.1, 0.15) is 0 Å². The lowest BCUT2D eigenvalue weighted by Gasteiger charge is -2.43. The number of benzene rings is 1. The Balaban J connectivity index is 2.23. The van der Waals surface area contributed by atoms with Crippen molar-refractivity contribution in [1.29, 1.82) is 0 Å². The molecule has 1 saturated carbocycles. The minimum absolute atomic E-state index is 0.0191. The van der Waals surface area contributed by atoms with Gasteiger partial charge in [-0.2, -0.15) is 4.31 Å². The van der Waals surface area contributed by atoms with Gasteiger partial charge in [-0.3, -0.25) is 4.79 Å². The second-order valence-electron chi connectivity index (χ2n) is 7.93. The molecule has 1 aromatic carbocycles. The predicted octanol–water partition coefficient (Wildman–Crippen LogP) is 3.02. The van der Waals surface area contributed by atoms with Crippen molar-refractivity contribution in [1.82, 2.24) is 14.5 Å². The third kappa shape index (κ3) is 4.75. The second-order valence-corrected chi connectivity index (χ2v) is 9.84. The van der Waals surface area contributed by atoms with Crippen LogP contribution in [0.5, 0.6) is 0 Å². The van der Waals surface area contributed by atoms with Crippen molar-refractivity contribution in [2.75, 3.05) is 33.7 Å². The lowest BCUT2D eigenvalue weighted by molar-refractivity contribution is 0.0799. The van der Waals surface area contributed by atoms with E-state index in [0.717, 1.165) is 12.8 Å². The van der Waals surface area contributed by atoms with Crippen molar-refractivity contribution >= 4 is 15.9 Å². The summed E-state index contributed by atoms with van der Waals surface area (Å²) in [5.74, 6) is -0.220. The van der Waals surface area contributed by atoms with E-state index in [1.54, 1.807) is 19.1 Å². The fourth-order valence-corrected chi connectivity index (χ4v) is 5.77. The fourth-order valence-electron chi connectivity index (χ4n) is 4.06. The number of hydrogen-bond acceptors (Lipinski definition) is 4. The Bertz CT molecular complexity index is 780. The summed E-state index contributed by atoms with van der Waals surface area (Å²) >= 11 is 0. The summed E-state index contributed by atoms with van der Waals surface area (Å²) in [6.45, 7) is 6.78. The number of likely N-dealkylation sites (N-methyl/N-ethyl adjacent to an activating group) is 1. The van der Waals surface area contributed by atoms with Gasteiger partial charge < -0.3 is 10.2 Å². The second kappa shape index (κ2) is 9.37. The van der Waals surface area contributed by atoms with Crippen LogP contribution < -0.4 is 5.32 Å². The van der Waals surface area contributed by atoms with Crippen LogP contribution in [0, 0.1) is 6.92 Å². The van der Waals surface area contributed by atoms with E-state index in [0.29, 0.717) is 30.8 Å². The molecule has 1 fully saturated rings. The first-order valence-corrected chi connectivity index (χ1v) is 11.7. The molecule has 0 spiro atoms. The zero-order valence-electron chi connectivity index (χ0n) is 17.9. The van der Waals surface area contributed by atoms with E-state index in [1.165, 1.54) is 29.6 Å². The standard InChI is InChI=1S/C21H35N3O3S/c1-6-24(7-2)28(26,27)19-15-18(12-11-17(19)3)20(25)22-16-21(23(4)5)13-9-8-10-14-21/h11-12,15H,6-10,13-14,16H2,1-5H3,(H,22,25). The van der Waals surface area contributed by atoms with Crippen molar-refractivity contribution in [3.05, 3.63) is 29.3 Å². The minimum Gasteiger partial charge on any atom is -0.350 e. The summed E-state index contributed by atoms with van der Waals surface area (Å²) in [4.78, 5) is 15.2. The van der Waals surface area contributed by atoms with Gasteiger partial charge in [-0.15, -0.1) is 0 Å². The molecule has 0 aromatic heterocycles. The van der Waals surface area contributed by atoms with E-state index in [9.17, 15) is 13.2 Å². The van der Waals surface area contributed by atoms with E-state index in [4.69, 9.17) is 0 Å². The summed E-state index contributed by atoms with van der Waals surface area (Å²) in [5, 5.41) is 3.06. The van der Waals surface area contributed by atoms with E-state index in [-0.39, 0.29) is 16.3 Å². The number of aryl methyl sites for hydroxylation is 1. The van der Waals surface area contributed by atoms with Gasteiger partial charge >= 0.3 is 0 Å². The highest BCUT2D eigenvalue weighted by atomic mass is 32.2. The quantitative estimate of drug-likeness (QED) is 0.717. The van der Waals surface area contributed by atoms with Gasteiger partial charge in [-0.25, -0.2) is 8.42 Å². The van der Waals surface area contributed by atoms with Crippen molar-refractivity contribution < 1.29 is 13.2 Å². The molecule has 7 heteroatoms. The van der Waals surface area contributed by atoms with Gasteiger partial charge in [0.2, 0.25) is 10.0 Å². The van der Waals surface area contributed by atoms with Crippen LogP contribution >= 0.6 is 0 Å². The zero-order valence-corrected chi connectivity index (χ0v) is 18.7. The molecule has 0 radical (unpaired) electrons. The molecule has 1 N–H and O–H groups in total. The molecule has 28 heavy (non-hydrogen) atoms. The Kier molecular flexibility index (Phi) is 7.65. The van der Waals surface area contributed by atoms with E-state index < -0.39 is 10.0 Å². The van der Waals surface area contributed by atoms with Gasteiger partial charge in [-0.1, -0.05) is 39.2 Å². The number of nitrogens with one attached hydrogen (secondary N) is 1. The lowest BCUT2D eigenvalue weighted by Crippen LogP contribution is -2.53. The first-order valence-electron chi connectivity index (χ1n) is 10.2. The largest absolute Gasteiger partial charge is 0.350 e. The average Bonchev–Trinajstić information content (AvgIpc) is 2.67. The number of rotatable bonds is 8. The molecule has 158 valence electrons. The molecule has 0 heterocycles. The molecular weight excluding hydrogens is 374 g/mol. The van der Waals surface area contributed by atoms with E-state index in [1.807, 2.05) is 13.8 Å². The molecule has 1 aromatic rings. The molecule has 2 rings (SSSR count). The molecule has 6 nitrogen and oxygen atoms in total. The normalized spacial score (nSPS) is 17.1. The maximum atomic E-state index is 12.9. The van der Waals surface area contributed by atoms with Crippen molar-refractivity contribution in [2.45, 2.75) is 63.3 Å². The zero-order chi connectivity index (χ0) is 20.9. The third-order valence-corrected chi connectivity index (χ3v) is 8.28. The highest BCUT2D eigenvalue weighted by molar-refractivity contribution is 7.89. The summed E-state index contributed by atoms with van der Waals surface area (Å²) in [5.41, 5.74) is 1.02. The lowest BCUT2D eigenvalue weighted by atomic mass is 9.80. The minimum atomic E-state index is -3.60. The monoisotopic (exact) mass is 409 g/mol. The molecule has 0 saturated heterocycles. The van der Waals surface area contributed by atoms with Crippen molar-refractivity contribution in [3.63, 3.8) is 0 Å². The first-order chi connectivity index (χ1) is 13.2. The number of carbonyl (C=O) groups excluding carboxylic acids is 1. The number of sulfonamides is 1. The molecule has 0 unspecified atom stereocenters. The number of nitrogens with zero attached hydrogens (tertiary/aromatic N) is 2. The maximum Gasteiger partial charge on any atom is 0.251 e. The van der Waals surface area contributed by atoms with Gasteiger partial charge in [0.15, 0.2) is 0 Å². The molecule has 0 atom stereocenters. The van der Waals surface area contributed by atoms with Crippen LogP contribution in [0.3, 0.4) is 0 Å². The molecule has 1 aliphatic carbocycles. The summed E-state index contributed by atoms with van der Waals surface area (Å²) < 4.78 is 27.3. The molecule has 1 aliphatic rings. The van der Waals surface area contributed by atoms with Crippen molar-refractivity contribution in [3.8, 4) is 0 Å². The van der Waals surface area contributed by atoms with Gasteiger partial charge in [0.05, 0.1) is 4.90 Å². The molecule has 0 bridgehead atoms. The van der Waals surface area contributed by atoms with Crippen LogP contribution in [0.25, 0.3) is 0 Å². The smallest absolute Gasteiger partial charge is 0.251 e. The fraction of sp³-hybridized carbons (Fsp3) is 0.667. The third-order valence-electron chi connectivity index (χ3n) is 6.08. The highest BCUT2D eigenvalue weighted by Crippen LogP contribution is 2.31. The number of amides is 1. The van der Waals surface area contributed by atoms with Gasteiger partial charge in [0.25, 0.3) is 5.91 Å². The number of carbonyl (C=O) groups is 1. The Hall–Kier alpha value is -1.44. The number of hydrogen-bond donors (Lipinski definition) is 1. The van der Waals surface area contributed by atoms with Crippen LogP contribution in [-0.2, 0) is 10.0 Å². The SMILES string of the molecule is CCN(CC)S(=O)(=O)c1cc(C(=O)NCC2(N(C)C)CCCCC2)ccc1C. The molecular formula is C21H35N3O3S. The molecule has 0 aliphatic heterocycles. The van der Waals surface area contributed by atoms with Gasteiger partial charge in [-0.05, 0) is 51.6 Å². The van der Waals surface area contributed by atoms with Gasteiger partial charge in [0, 0.05) is 30.7 Å². The van der Waals surface area contributed by atoms with E-state index in [2.05, 4.69) is 24.3 Å². The maximum absolute atomic E-state index is 12.9. The predicted molar refractivity (Wildman–Crippen MR) is 113 cm³/mol. The Morgan fingerprint density at radius 3 is 2.25 bits per heavy atom. The average molecular weight is 410 g/mol. The van der Waals surface area contributed by atoms with Crippen molar-refractivity contribution in [2.24, 2.45) is 0 Å². The summed E-state index contributed by atoms with van der Waals surface area (Å²) in [6, 6.07) is 4.93. The topological polar surface area (TPSA) is 69.7 Å². The van der Waals surface area contributed by atoms with Crippen LogP contribution in [0.2, 0.25) is 0 Å². The first kappa shape index (κ1) is 22.8. The Morgan fingerprint density at radius 1 is 1.11 bits per heavy atom. The Morgan fingerprint density at radius 2 is 1.71 bits per heavy atom. The van der Waals surface area contributed by atoms with Crippen LogP contribution in [-0.4, -0.2) is 62.8 Å². The molecule has 1 amide bonds. The Labute approximate surface area is 170 Å². The summed E-state index contributed by atoms with van der Waals surface area (Å²) in [6.07, 6.45) is 5.72.